The highest BCUT2D eigenvalue weighted by atomic mass is 35.5. The van der Waals surface area contributed by atoms with Crippen molar-refractivity contribution in [3.63, 3.8) is 0 Å². The van der Waals surface area contributed by atoms with Gasteiger partial charge in [0.05, 0.1) is 6.04 Å². The van der Waals surface area contributed by atoms with E-state index < -0.39 is 24.0 Å². The van der Waals surface area contributed by atoms with Crippen LogP contribution in [0, 0.1) is 5.82 Å². The fourth-order valence-electron chi connectivity index (χ4n) is 3.14. The summed E-state index contributed by atoms with van der Waals surface area (Å²) < 4.78 is 13.0. The van der Waals surface area contributed by atoms with E-state index in [-0.39, 0.29) is 18.7 Å². The summed E-state index contributed by atoms with van der Waals surface area (Å²) in [6, 6.07) is 10.9. The fourth-order valence-corrected chi connectivity index (χ4v) is 3.54. The Bertz CT molecular complexity index is 861. The van der Waals surface area contributed by atoms with Crippen molar-refractivity contribution in [1.82, 2.24) is 5.32 Å². The van der Waals surface area contributed by atoms with Crippen LogP contribution in [0.2, 0.25) is 0 Å². The Morgan fingerprint density at radius 1 is 1.03 bits per heavy atom. The molecular weight excluding hydrogens is 444 g/mol. The zero-order valence-electron chi connectivity index (χ0n) is 16.9. The number of carbonyl (C=O) groups is 2. The number of carboxylic acid groups (broad SMARTS) is 1. The van der Waals surface area contributed by atoms with Crippen LogP contribution in [0.3, 0.4) is 0 Å². The summed E-state index contributed by atoms with van der Waals surface area (Å²) in [5, 5.41) is 12.1. The van der Waals surface area contributed by atoms with E-state index in [1.165, 1.54) is 24.3 Å². The van der Waals surface area contributed by atoms with E-state index in [2.05, 4.69) is 5.32 Å². The predicted octanol–water partition coefficient (Wildman–Crippen LogP) is 2.79. The molecule has 0 aromatic heterocycles. The molecule has 2 aromatic rings. The minimum atomic E-state index is -1.16. The van der Waals surface area contributed by atoms with Crippen molar-refractivity contribution in [1.29, 1.82) is 0 Å². The summed E-state index contributed by atoms with van der Waals surface area (Å²) in [5.41, 5.74) is 8.23. The summed E-state index contributed by atoms with van der Waals surface area (Å²) in [6.07, 6.45) is 0.257. The first-order valence-corrected chi connectivity index (χ1v) is 10.9. The third kappa shape index (κ3) is 8.01. The first kappa shape index (κ1) is 24.9. The predicted molar refractivity (Wildman–Crippen MR) is 121 cm³/mol. The molecule has 31 heavy (non-hydrogen) atoms. The number of rotatable bonds is 12. The SMILES string of the molecule is N[C@@H](Cc1ccc(F)cc1)C(=O)N[C@@H](Cc1cccc(N(CCCl)CCCl)c1)C(=O)O. The van der Waals surface area contributed by atoms with E-state index in [1.807, 2.05) is 23.1 Å². The van der Waals surface area contributed by atoms with Crippen LogP contribution >= 0.6 is 23.2 Å². The van der Waals surface area contributed by atoms with Crippen molar-refractivity contribution < 1.29 is 19.1 Å². The molecule has 1 amide bonds. The number of benzene rings is 2. The molecule has 2 atom stereocenters. The lowest BCUT2D eigenvalue weighted by atomic mass is 10.0. The lowest BCUT2D eigenvalue weighted by Gasteiger charge is -2.24. The number of nitrogens with zero attached hydrogens (tertiary/aromatic N) is 1. The largest absolute Gasteiger partial charge is 0.480 e. The lowest BCUT2D eigenvalue weighted by molar-refractivity contribution is -0.141. The quantitative estimate of drug-likeness (QED) is 0.415. The number of hydrogen-bond acceptors (Lipinski definition) is 4. The van der Waals surface area contributed by atoms with E-state index >= 15 is 0 Å². The molecular formula is C22H26Cl2FN3O3. The molecule has 0 radical (unpaired) electrons. The van der Waals surface area contributed by atoms with Gasteiger partial charge < -0.3 is 21.1 Å². The average Bonchev–Trinajstić information content (AvgIpc) is 2.74. The Kier molecular flexibility index (Phi) is 10.0. The molecule has 0 bridgehead atoms. The molecule has 0 aliphatic rings. The average molecular weight is 470 g/mol. The Balaban J connectivity index is 2.05. The van der Waals surface area contributed by atoms with Gasteiger partial charge in [0.1, 0.15) is 11.9 Å². The zero-order chi connectivity index (χ0) is 22.8. The van der Waals surface area contributed by atoms with Gasteiger partial charge in [0, 0.05) is 37.0 Å². The third-order valence-corrected chi connectivity index (χ3v) is 5.08. The number of nitrogens with one attached hydrogen (secondary N) is 1. The van der Waals surface area contributed by atoms with Gasteiger partial charge >= 0.3 is 5.97 Å². The van der Waals surface area contributed by atoms with Crippen molar-refractivity contribution >= 4 is 40.8 Å². The Hall–Kier alpha value is -2.35. The fraction of sp³-hybridized carbons (Fsp3) is 0.364. The highest BCUT2D eigenvalue weighted by Gasteiger charge is 2.24. The number of amides is 1. The van der Waals surface area contributed by atoms with Gasteiger partial charge in [0.15, 0.2) is 0 Å². The molecule has 0 saturated carbocycles. The first-order chi connectivity index (χ1) is 14.8. The molecule has 0 aliphatic heterocycles. The van der Waals surface area contributed by atoms with Crippen LogP contribution in [0.25, 0.3) is 0 Å². The Morgan fingerprint density at radius 2 is 1.68 bits per heavy atom. The topological polar surface area (TPSA) is 95.7 Å². The highest BCUT2D eigenvalue weighted by Crippen LogP contribution is 2.18. The standard InChI is InChI=1S/C22H26Cl2FN3O3/c23-8-10-28(11-9-24)18-3-1-2-16(12-18)14-20(22(30)31)27-21(29)19(26)13-15-4-6-17(25)7-5-15/h1-7,12,19-20H,8-11,13-14,26H2,(H,27,29)(H,30,31)/t19-,20-/m0/s1. The minimum absolute atomic E-state index is 0.0910. The highest BCUT2D eigenvalue weighted by molar-refractivity contribution is 6.18. The molecule has 0 aliphatic carbocycles. The van der Waals surface area contributed by atoms with E-state index in [0.29, 0.717) is 30.4 Å². The molecule has 0 fully saturated rings. The molecule has 0 unspecified atom stereocenters. The monoisotopic (exact) mass is 469 g/mol. The van der Waals surface area contributed by atoms with Crippen molar-refractivity contribution in [3.8, 4) is 0 Å². The maximum Gasteiger partial charge on any atom is 0.326 e. The summed E-state index contributed by atoms with van der Waals surface area (Å²) >= 11 is 11.7. The Morgan fingerprint density at radius 3 is 2.26 bits per heavy atom. The van der Waals surface area contributed by atoms with E-state index in [4.69, 9.17) is 28.9 Å². The summed E-state index contributed by atoms with van der Waals surface area (Å²) in [4.78, 5) is 26.2. The van der Waals surface area contributed by atoms with Crippen LogP contribution in [0.15, 0.2) is 48.5 Å². The molecule has 6 nitrogen and oxygen atoms in total. The molecule has 0 spiro atoms. The van der Waals surface area contributed by atoms with Crippen LogP contribution in [-0.4, -0.2) is 53.9 Å². The molecule has 9 heteroatoms. The van der Waals surface area contributed by atoms with Gasteiger partial charge in [-0.15, -0.1) is 23.2 Å². The third-order valence-electron chi connectivity index (χ3n) is 4.74. The number of carboxylic acids is 1. The van der Waals surface area contributed by atoms with Crippen LogP contribution in [0.4, 0.5) is 10.1 Å². The van der Waals surface area contributed by atoms with Gasteiger partial charge in [0.25, 0.3) is 0 Å². The van der Waals surface area contributed by atoms with E-state index in [9.17, 15) is 19.1 Å². The van der Waals surface area contributed by atoms with Gasteiger partial charge in [-0.2, -0.15) is 0 Å². The maximum absolute atomic E-state index is 13.0. The number of aliphatic carboxylic acids is 1. The van der Waals surface area contributed by atoms with E-state index in [1.54, 1.807) is 6.07 Å². The molecule has 4 N–H and O–H groups in total. The van der Waals surface area contributed by atoms with Crippen molar-refractivity contribution in [2.45, 2.75) is 24.9 Å². The molecule has 2 rings (SSSR count). The summed E-state index contributed by atoms with van der Waals surface area (Å²) in [5.74, 6) is -1.27. The van der Waals surface area contributed by atoms with Crippen LogP contribution < -0.4 is 16.0 Å². The smallest absolute Gasteiger partial charge is 0.326 e. The molecule has 168 valence electrons. The second kappa shape index (κ2) is 12.5. The minimum Gasteiger partial charge on any atom is -0.480 e. The van der Waals surface area contributed by atoms with Gasteiger partial charge in [-0.3, -0.25) is 4.79 Å². The number of anilines is 1. The van der Waals surface area contributed by atoms with Gasteiger partial charge in [-0.05, 0) is 41.8 Å². The van der Waals surface area contributed by atoms with Gasteiger partial charge in [-0.25, -0.2) is 9.18 Å². The second-order valence-electron chi connectivity index (χ2n) is 7.08. The Labute approximate surface area is 191 Å². The lowest BCUT2D eigenvalue weighted by Crippen LogP contribution is -2.50. The van der Waals surface area contributed by atoms with Crippen molar-refractivity contribution in [2.24, 2.45) is 5.73 Å². The van der Waals surface area contributed by atoms with Crippen molar-refractivity contribution in [3.05, 3.63) is 65.5 Å². The number of carbonyl (C=O) groups excluding carboxylic acids is 1. The first-order valence-electron chi connectivity index (χ1n) is 9.83. The zero-order valence-corrected chi connectivity index (χ0v) is 18.5. The molecule has 0 heterocycles. The van der Waals surface area contributed by atoms with Crippen LogP contribution in [0.5, 0.6) is 0 Å². The summed E-state index contributed by atoms with van der Waals surface area (Å²) in [7, 11) is 0. The number of nitrogens with two attached hydrogens (primary N) is 1. The number of halogens is 3. The molecule has 0 saturated heterocycles. The maximum atomic E-state index is 13.0. The van der Waals surface area contributed by atoms with Crippen LogP contribution in [0.1, 0.15) is 11.1 Å². The molecule has 2 aromatic carbocycles. The van der Waals surface area contributed by atoms with Gasteiger partial charge in [0.2, 0.25) is 5.91 Å². The van der Waals surface area contributed by atoms with Crippen LogP contribution in [-0.2, 0) is 22.4 Å². The van der Waals surface area contributed by atoms with Crippen molar-refractivity contribution in [2.75, 3.05) is 29.7 Å². The number of alkyl halides is 2. The second-order valence-corrected chi connectivity index (χ2v) is 7.83. The van der Waals surface area contributed by atoms with E-state index in [0.717, 1.165) is 11.3 Å². The normalized spacial score (nSPS) is 12.8. The summed E-state index contributed by atoms with van der Waals surface area (Å²) in [6.45, 7) is 1.21. The van der Waals surface area contributed by atoms with Gasteiger partial charge in [-0.1, -0.05) is 24.3 Å². The number of hydrogen-bond donors (Lipinski definition) is 3.